The molecule has 104 valence electrons. The van der Waals surface area contributed by atoms with Gasteiger partial charge in [-0.15, -0.1) is 0 Å². The van der Waals surface area contributed by atoms with Crippen LogP contribution in [-0.4, -0.2) is 10.1 Å². The summed E-state index contributed by atoms with van der Waals surface area (Å²) in [7, 11) is 0. The Balaban J connectivity index is 2.01. The third kappa shape index (κ3) is 2.00. The maximum Gasteiger partial charge on any atom is 0.293 e. The molecule has 20 heavy (non-hydrogen) atoms. The van der Waals surface area contributed by atoms with Crippen LogP contribution in [0.3, 0.4) is 0 Å². The number of rotatable bonds is 4. The van der Waals surface area contributed by atoms with Crippen LogP contribution < -0.4 is 5.73 Å². The molecule has 0 spiro atoms. The van der Waals surface area contributed by atoms with E-state index in [0.717, 1.165) is 23.8 Å². The van der Waals surface area contributed by atoms with Gasteiger partial charge in [0, 0.05) is 5.39 Å². The van der Waals surface area contributed by atoms with Crippen molar-refractivity contribution in [1.29, 1.82) is 0 Å². The van der Waals surface area contributed by atoms with E-state index < -0.39 is 5.54 Å². The Morgan fingerprint density at radius 3 is 2.65 bits per heavy atom. The predicted octanol–water partition coefficient (Wildman–Crippen LogP) is 3.46. The summed E-state index contributed by atoms with van der Waals surface area (Å²) in [5, 5.41) is 5.01. The molecule has 0 aliphatic heterocycles. The van der Waals surface area contributed by atoms with E-state index in [1.165, 1.54) is 0 Å². The summed E-state index contributed by atoms with van der Waals surface area (Å²) in [5.74, 6) is 1.46. The van der Waals surface area contributed by atoms with Crippen molar-refractivity contribution in [3.63, 3.8) is 0 Å². The van der Waals surface area contributed by atoms with E-state index >= 15 is 0 Å². The topological polar surface area (TPSA) is 78.1 Å². The summed E-state index contributed by atoms with van der Waals surface area (Å²) in [4.78, 5) is 4.39. The van der Waals surface area contributed by atoms with Gasteiger partial charge in [0.05, 0.1) is 5.54 Å². The van der Waals surface area contributed by atoms with Gasteiger partial charge in [0.15, 0.2) is 11.6 Å². The average molecular weight is 271 g/mol. The Morgan fingerprint density at radius 1 is 1.20 bits per heavy atom. The molecule has 0 unspecified atom stereocenters. The van der Waals surface area contributed by atoms with Crippen LogP contribution in [-0.2, 0) is 5.54 Å². The van der Waals surface area contributed by atoms with E-state index in [2.05, 4.69) is 10.1 Å². The minimum atomic E-state index is -0.548. The van der Waals surface area contributed by atoms with Gasteiger partial charge >= 0.3 is 0 Å². The van der Waals surface area contributed by atoms with Crippen molar-refractivity contribution < 1.29 is 8.94 Å². The third-order valence-electron chi connectivity index (χ3n) is 3.77. The second-order valence-electron chi connectivity index (χ2n) is 4.93. The number of furan rings is 1. The van der Waals surface area contributed by atoms with Crippen LogP contribution in [0, 0.1) is 0 Å². The van der Waals surface area contributed by atoms with Crippen molar-refractivity contribution in [2.75, 3.05) is 0 Å². The zero-order valence-electron chi connectivity index (χ0n) is 11.6. The highest BCUT2D eigenvalue weighted by Gasteiger charge is 2.29. The number of hydrogen-bond donors (Lipinski definition) is 1. The van der Waals surface area contributed by atoms with Gasteiger partial charge < -0.3 is 14.7 Å². The molecular weight excluding hydrogens is 254 g/mol. The molecule has 1 aromatic carbocycles. The highest BCUT2D eigenvalue weighted by Crippen LogP contribution is 2.29. The number of nitrogens with two attached hydrogens (primary N) is 1. The molecule has 0 aliphatic carbocycles. The standard InChI is InChI=1S/C15H17N3O2/c1-3-15(16,4-2)14-17-13(20-18-14)12-9-10-7-5-6-8-11(10)19-12/h5-9H,3-4,16H2,1-2H3. The smallest absolute Gasteiger partial charge is 0.293 e. The van der Waals surface area contributed by atoms with Crippen molar-refractivity contribution in [2.24, 2.45) is 5.73 Å². The van der Waals surface area contributed by atoms with Crippen LogP contribution in [0.2, 0.25) is 0 Å². The minimum absolute atomic E-state index is 0.368. The number of para-hydroxylation sites is 1. The molecule has 0 radical (unpaired) electrons. The molecule has 0 fully saturated rings. The molecule has 3 aromatic rings. The molecule has 2 heterocycles. The zero-order chi connectivity index (χ0) is 14.2. The molecule has 0 aliphatic rings. The fourth-order valence-electron chi connectivity index (χ4n) is 2.18. The second kappa shape index (κ2) is 4.76. The summed E-state index contributed by atoms with van der Waals surface area (Å²) in [6.45, 7) is 4.03. The molecule has 5 nitrogen and oxygen atoms in total. The molecular formula is C15H17N3O2. The van der Waals surface area contributed by atoms with E-state index in [-0.39, 0.29) is 0 Å². The number of benzene rings is 1. The van der Waals surface area contributed by atoms with E-state index in [0.29, 0.717) is 17.5 Å². The van der Waals surface area contributed by atoms with Gasteiger partial charge in [0.2, 0.25) is 0 Å². The Kier molecular flexibility index (Phi) is 3.06. The first-order chi connectivity index (χ1) is 9.66. The fourth-order valence-corrected chi connectivity index (χ4v) is 2.18. The highest BCUT2D eigenvalue weighted by molar-refractivity contribution is 5.81. The maximum atomic E-state index is 6.27. The summed E-state index contributed by atoms with van der Waals surface area (Å²) >= 11 is 0. The van der Waals surface area contributed by atoms with Gasteiger partial charge in [-0.3, -0.25) is 0 Å². The van der Waals surface area contributed by atoms with Gasteiger partial charge in [0.1, 0.15) is 5.58 Å². The molecule has 0 saturated carbocycles. The lowest BCUT2D eigenvalue weighted by atomic mass is 9.93. The van der Waals surface area contributed by atoms with E-state index in [1.54, 1.807) is 0 Å². The molecule has 0 amide bonds. The van der Waals surface area contributed by atoms with Crippen LogP contribution in [0.1, 0.15) is 32.5 Å². The van der Waals surface area contributed by atoms with Crippen molar-refractivity contribution in [3.8, 4) is 11.7 Å². The van der Waals surface area contributed by atoms with Crippen LogP contribution in [0.4, 0.5) is 0 Å². The first-order valence-electron chi connectivity index (χ1n) is 6.78. The minimum Gasteiger partial charge on any atom is -0.451 e. The van der Waals surface area contributed by atoms with Crippen molar-refractivity contribution in [2.45, 2.75) is 32.2 Å². The molecule has 0 bridgehead atoms. The Bertz CT molecular complexity index is 692. The van der Waals surface area contributed by atoms with E-state index in [9.17, 15) is 0 Å². The van der Waals surface area contributed by atoms with Crippen LogP contribution in [0.5, 0.6) is 0 Å². The first-order valence-corrected chi connectivity index (χ1v) is 6.78. The third-order valence-corrected chi connectivity index (χ3v) is 3.77. The number of fused-ring (bicyclic) bond motifs is 1. The second-order valence-corrected chi connectivity index (χ2v) is 4.93. The molecule has 3 rings (SSSR count). The first kappa shape index (κ1) is 12.9. The summed E-state index contributed by atoms with van der Waals surface area (Å²) in [6.07, 6.45) is 1.51. The predicted molar refractivity (Wildman–Crippen MR) is 76.0 cm³/mol. The quantitative estimate of drug-likeness (QED) is 0.786. The van der Waals surface area contributed by atoms with Gasteiger partial charge in [0.25, 0.3) is 5.89 Å². The lowest BCUT2D eigenvalue weighted by Crippen LogP contribution is -2.36. The lowest BCUT2D eigenvalue weighted by molar-refractivity contribution is 0.348. The van der Waals surface area contributed by atoms with Gasteiger partial charge in [-0.25, -0.2) is 0 Å². The van der Waals surface area contributed by atoms with Crippen LogP contribution >= 0.6 is 0 Å². The van der Waals surface area contributed by atoms with Gasteiger partial charge in [-0.05, 0) is 25.0 Å². The van der Waals surface area contributed by atoms with Crippen molar-refractivity contribution in [1.82, 2.24) is 10.1 Å². The average Bonchev–Trinajstić information content (AvgIpc) is 3.12. The highest BCUT2D eigenvalue weighted by atomic mass is 16.5. The summed E-state index contributed by atoms with van der Waals surface area (Å²) < 4.78 is 11.0. The van der Waals surface area contributed by atoms with E-state index in [1.807, 2.05) is 44.2 Å². The summed E-state index contributed by atoms with van der Waals surface area (Å²) in [6, 6.07) is 9.66. The fraction of sp³-hybridized carbons (Fsp3) is 0.333. The maximum absolute atomic E-state index is 6.27. The SMILES string of the molecule is CCC(N)(CC)c1noc(-c2cc3ccccc3o2)n1. The van der Waals surface area contributed by atoms with Crippen LogP contribution in [0.15, 0.2) is 39.3 Å². The zero-order valence-corrected chi connectivity index (χ0v) is 11.6. The molecule has 5 heteroatoms. The number of hydrogen-bond acceptors (Lipinski definition) is 5. The van der Waals surface area contributed by atoms with E-state index in [4.69, 9.17) is 14.7 Å². The Morgan fingerprint density at radius 2 is 1.95 bits per heavy atom. The largest absolute Gasteiger partial charge is 0.451 e. The van der Waals surface area contributed by atoms with Gasteiger partial charge in [-0.2, -0.15) is 4.98 Å². The molecule has 0 saturated heterocycles. The monoisotopic (exact) mass is 271 g/mol. The van der Waals surface area contributed by atoms with Gasteiger partial charge in [-0.1, -0.05) is 37.2 Å². The Labute approximate surface area is 116 Å². The number of nitrogens with zero attached hydrogens (tertiary/aromatic N) is 2. The molecule has 0 atom stereocenters. The Hall–Kier alpha value is -2.14. The normalized spacial score (nSPS) is 12.2. The van der Waals surface area contributed by atoms with Crippen molar-refractivity contribution in [3.05, 3.63) is 36.2 Å². The van der Waals surface area contributed by atoms with Crippen LogP contribution in [0.25, 0.3) is 22.6 Å². The lowest BCUT2D eigenvalue weighted by Gasteiger charge is -2.21. The summed E-state index contributed by atoms with van der Waals surface area (Å²) in [5.41, 5.74) is 6.52. The van der Waals surface area contributed by atoms with Crippen molar-refractivity contribution >= 4 is 11.0 Å². The molecule has 2 aromatic heterocycles. The molecule has 2 N–H and O–H groups in total. The number of aromatic nitrogens is 2.